The molecule has 0 radical (unpaired) electrons. The van der Waals surface area contributed by atoms with Crippen molar-refractivity contribution < 1.29 is 4.79 Å². The number of nitrogens with zero attached hydrogens (tertiary/aromatic N) is 4. The van der Waals surface area contributed by atoms with Crippen LogP contribution in [0.25, 0.3) is 11.0 Å². The smallest absolute Gasteiger partial charge is 0.251 e. The van der Waals surface area contributed by atoms with Gasteiger partial charge in [0.2, 0.25) is 0 Å². The Bertz CT molecular complexity index is 964. The van der Waals surface area contributed by atoms with Crippen LogP contribution in [0, 0.1) is 0 Å². The normalized spacial score (nSPS) is 15.5. The molecule has 0 aliphatic carbocycles. The lowest BCUT2D eigenvalue weighted by Gasteiger charge is -2.33. The van der Waals surface area contributed by atoms with Crippen LogP contribution in [0.2, 0.25) is 0 Å². The van der Waals surface area contributed by atoms with E-state index in [0.29, 0.717) is 12.1 Å². The monoisotopic (exact) mass is 363 g/mol. The number of aromatic nitrogens is 3. The SMILES string of the molecule is CCn1nnc2cc(C(=O)NCC(C)N3CCc4ccccc4C3)ccc21. The first kappa shape index (κ1) is 17.7. The minimum absolute atomic E-state index is 0.0628. The lowest BCUT2D eigenvalue weighted by Crippen LogP contribution is -2.44. The van der Waals surface area contributed by atoms with Crippen LogP contribution in [0.5, 0.6) is 0 Å². The molecule has 4 rings (SSSR count). The Kier molecular flexibility index (Phi) is 4.90. The molecule has 6 nitrogen and oxygen atoms in total. The maximum absolute atomic E-state index is 12.6. The molecule has 3 aromatic rings. The molecule has 6 heteroatoms. The predicted molar refractivity (Wildman–Crippen MR) is 106 cm³/mol. The molecule has 1 aromatic heterocycles. The van der Waals surface area contributed by atoms with Crippen molar-refractivity contribution in [2.24, 2.45) is 0 Å². The van der Waals surface area contributed by atoms with Gasteiger partial charge in [0.1, 0.15) is 5.52 Å². The van der Waals surface area contributed by atoms with Crippen molar-refractivity contribution in [2.75, 3.05) is 13.1 Å². The van der Waals surface area contributed by atoms with Gasteiger partial charge in [-0.2, -0.15) is 0 Å². The molecule has 1 amide bonds. The summed E-state index contributed by atoms with van der Waals surface area (Å²) in [5.74, 6) is -0.0628. The molecule has 140 valence electrons. The zero-order valence-corrected chi connectivity index (χ0v) is 15.9. The summed E-state index contributed by atoms with van der Waals surface area (Å²) in [4.78, 5) is 15.0. The Balaban J connectivity index is 1.38. The molecular formula is C21H25N5O. The first-order chi connectivity index (χ1) is 13.2. The second-order valence-electron chi connectivity index (χ2n) is 7.16. The van der Waals surface area contributed by atoms with Gasteiger partial charge < -0.3 is 5.32 Å². The van der Waals surface area contributed by atoms with Gasteiger partial charge in [0.05, 0.1) is 5.52 Å². The van der Waals surface area contributed by atoms with E-state index >= 15 is 0 Å². The van der Waals surface area contributed by atoms with Crippen LogP contribution in [-0.2, 0) is 19.5 Å². The first-order valence-electron chi connectivity index (χ1n) is 9.58. The molecule has 2 heterocycles. The molecule has 27 heavy (non-hydrogen) atoms. The Labute approximate surface area is 159 Å². The van der Waals surface area contributed by atoms with Gasteiger partial charge in [0.25, 0.3) is 5.91 Å². The molecule has 2 aromatic carbocycles. The maximum atomic E-state index is 12.6. The number of hydrogen-bond donors (Lipinski definition) is 1. The van der Waals surface area contributed by atoms with Gasteiger partial charge >= 0.3 is 0 Å². The lowest BCUT2D eigenvalue weighted by molar-refractivity contribution is 0.0932. The van der Waals surface area contributed by atoms with Crippen LogP contribution in [0.15, 0.2) is 42.5 Å². The third kappa shape index (κ3) is 3.57. The fourth-order valence-corrected chi connectivity index (χ4v) is 3.71. The van der Waals surface area contributed by atoms with E-state index in [1.54, 1.807) is 0 Å². The number of fused-ring (bicyclic) bond motifs is 2. The van der Waals surface area contributed by atoms with E-state index in [2.05, 4.69) is 51.7 Å². The largest absolute Gasteiger partial charge is 0.350 e. The zero-order valence-electron chi connectivity index (χ0n) is 15.9. The van der Waals surface area contributed by atoms with Gasteiger partial charge in [0.15, 0.2) is 0 Å². The maximum Gasteiger partial charge on any atom is 0.251 e. The molecule has 0 saturated heterocycles. The van der Waals surface area contributed by atoms with Gasteiger partial charge in [-0.25, -0.2) is 4.68 Å². The number of carbonyl (C=O) groups is 1. The van der Waals surface area contributed by atoms with Crippen LogP contribution < -0.4 is 5.32 Å². The van der Waals surface area contributed by atoms with Crippen molar-refractivity contribution in [3.63, 3.8) is 0 Å². The molecule has 1 atom stereocenters. The van der Waals surface area contributed by atoms with E-state index in [9.17, 15) is 4.79 Å². The summed E-state index contributed by atoms with van der Waals surface area (Å²) in [7, 11) is 0. The fourth-order valence-electron chi connectivity index (χ4n) is 3.71. The summed E-state index contributed by atoms with van der Waals surface area (Å²) in [5.41, 5.74) is 5.17. The molecule has 1 aliphatic heterocycles. The third-order valence-electron chi connectivity index (χ3n) is 5.42. The molecule has 1 unspecified atom stereocenters. The van der Waals surface area contributed by atoms with Crippen molar-refractivity contribution in [1.29, 1.82) is 0 Å². The summed E-state index contributed by atoms with van der Waals surface area (Å²) in [6.07, 6.45) is 1.07. The Morgan fingerprint density at radius 1 is 1.22 bits per heavy atom. The zero-order chi connectivity index (χ0) is 18.8. The van der Waals surface area contributed by atoms with Crippen LogP contribution in [0.3, 0.4) is 0 Å². The van der Waals surface area contributed by atoms with Gasteiger partial charge in [-0.15, -0.1) is 5.10 Å². The van der Waals surface area contributed by atoms with E-state index in [-0.39, 0.29) is 11.9 Å². The summed E-state index contributed by atoms with van der Waals surface area (Å²) in [5, 5.41) is 11.3. The van der Waals surface area contributed by atoms with Gasteiger partial charge in [-0.1, -0.05) is 29.5 Å². The number of amides is 1. The average Bonchev–Trinajstić information content (AvgIpc) is 3.13. The van der Waals surface area contributed by atoms with E-state index in [1.807, 2.05) is 29.8 Å². The van der Waals surface area contributed by atoms with Crippen molar-refractivity contribution in [3.8, 4) is 0 Å². The molecule has 1 N–H and O–H groups in total. The highest BCUT2D eigenvalue weighted by atomic mass is 16.1. The van der Waals surface area contributed by atoms with Gasteiger partial charge in [0, 0.05) is 37.8 Å². The molecule has 1 aliphatic rings. The fraction of sp³-hybridized carbons (Fsp3) is 0.381. The van der Waals surface area contributed by atoms with Crippen molar-refractivity contribution in [1.82, 2.24) is 25.2 Å². The third-order valence-corrected chi connectivity index (χ3v) is 5.42. The number of aryl methyl sites for hydroxylation is 1. The summed E-state index contributed by atoms with van der Waals surface area (Å²) in [6, 6.07) is 14.5. The number of hydrogen-bond acceptors (Lipinski definition) is 4. The van der Waals surface area contributed by atoms with Crippen molar-refractivity contribution in [3.05, 3.63) is 59.2 Å². The van der Waals surface area contributed by atoms with E-state index in [1.165, 1.54) is 11.1 Å². The second kappa shape index (κ2) is 7.48. The molecular weight excluding hydrogens is 338 g/mol. The minimum Gasteiger partial charge on any atom is -0.350 e. The molecule has 0 fully saturated rings. The van der Waals surface area contributed by atoms with E-state index in [0.717, 1.165) is 37.1 Å². The number of rotatable bonds is 5. The van der Waals surface area contributed by atoms with Crippen LogP contribution in [-0.4, -0.2) is 44.9 Å². The van der Waals surface area contributed by atoms with E-state index in [4.69, 9.17) is 0 Å². The van der Waals surface area contributed by atoms with E-state index < -0.39 is 0 Å². The molecule has 0 spiro atoms. The molecule has 0 saturated carbocycles. The summed E-state index contributed by atoms with van der Waals surface area (Å²) >= 11 is 0. The number of nitrogens with one attached hydrogen (secondary N) is 1. The quantitative estimate of drug-likeness (QED) is 0.757. The highest BCUT2D eigenvalue weighted by Crippen LogP contribution is 2.20. The average molecular weight is 363 g/mol. The summed E-state index contributed by atoms with van der Waals surface area (Å²) in [6.45, 7) is 7.55. The predicted octanol–water partition coefficient (Wildman–Crippen LogP) is 2.63. The Morgan fingerprint density at radius 2 is 2.04 bits per heavy atom. The topological polar surface area (TPSA) is 63.1 Å². The highest BCUT2D eigenvalue weighted by Gasteiger charge is 2.21. The number of carbonyl (C=O) groups excluding carboxylic acids is 1. The highest BCUT2D eigenvalue weighted by molar-refractivity contribution is 5.97. The van der Waals surface area contributed by atoms with Gasteiger partial charge in [-0.05, 0) is 49.6 Å². The lowest BCUT2D eigenvalue weighted by atomic mass is 9.99. The Hall–Kier alpha value is -2.73. The van der Waals surface area contributed by atoms with Crippen LogP contribution in [0.4, 0.5) is 0 Å². The van der Waals surface area contributed by atoms with Gasteiger partial charge in [-0.3, -0.25) is 9.69 Å². The minimum atomic E-state index is -0.0628. The standard InChI is InChI=1S/C21H25N5O/c1-3-26-20-9-8-17(12-19(20)23-24-26)21(27)22-13-15(2)25-11-10-16-6-4-5-7-18(16)14-25/h4-9,12,15H,3,10-11,13-14H2,1-2H3,(H,22,27). The summed E-state index contributed by atoms with van der Waals surface area (Å²) < 4.78 is 1.83. The van der Waals surface area contributed by atoms with Crippen molar-refractivity contribution in [2.45, 2.75) is 39.4 Å². The first-order valence-corrected chi connectivity index (χ1v) is 9.58. The van der Waals surface area contributed by atoms with Crippen molar-refractivity contribution >= 4 is 16.9 Å². The second-order valence-corrected chi connectivity index (χ2v) is 7.16. The van der Waals surface area contributed by atoms with Crippen LogP contribution >= 0.6 is 0 Å². The molecule has 0 bridgehead atoms. The number of benzene rings is 2. The Morgan fingerprint density at radius 3 is 2.85 bits per heavy atom. The van der Waals surface area contributed by atoms with Crippen LogP contribution in [0.1, 0.15) is 35.3 Å².